The molecule has 6 nitrogen and oxygen atoms in total. The molecule has 2 aromatic rings. The maximum Gasteiger partial charge on any atom is 0.254 e. The molecule has 0 saturated heterocycles. The molecule has 2 N–H and O–H groups in total. The second-order valence-corrected chi connectivity index (χ2v) is 6.10. The number of aryl methyl sites for hydroxylation is 2. The van der Waals surface area contributed by atoms with Crippen molar-refractivity contribution < 1.29 is 4.79 Å². The number of hydrogen-bond acceptors (Lipinski definition) is 5. The van der Waals surface area contributed by atoms with E-state index in [1.54, 1.807) is 12.4 Å². The molecule has 0 fully saturated rings. The molecule has 6 heteroatoms. The zero-order valence-electron chi connectivity index (χ0n) is 14.8. The van der Waals surface area contributed by atoms with Crippen LogP contribution in [-0.2, 0) is 0 Å². The van der Waals surface area contributed by atoms with Gasteiger partial charge in [-0.1, -0.05) is 18.2 Å². The Morgan fingerprint density at radius 2 is 1.75 bits per heavy atom. The molecule has 0 unspecified atom stereocenters. The highest BCUT2D eigenvalue weighted by Gasteiger charge is 2.08. The number of carbonyl (C=O) groups excluding carboxylic acids is 1. The third kappa shape index (κ3) is 5.03. The first-order valence-electron chi connectivity index (χ1n) is 8.05. The van der Waals surface area contributed by atoms with Crippen LogP contribution in [0.1, 0.15) is 27.9 Å². The van der Waals surface area contributed by atoms with Crippen molar-refractivity contribution in [2.75, 3.05) is 32.5 Å². The van der Waals surface area contributed by atoms with E-state index < -0.39 is 0 Å². The Hall–Kier alpha value is -2.47. The summed E-state index contributed by atoms with van der Waals surface area (Å²) < 4.78 is 0. The third-order valence-electron chi connectivity index (χ3n) is 3.70. The normalized spacial score (nSPS) is 10.7. The Kier molecular flexibility index (Phi) is 6.26. The largest absolute Gasteiger partial charge is 0.352 e. The van der Waals surface area contributed by atoms with Crippen LogP contribution in [0.4, 0.5) is 11.6 Å². The molecule has 1 aromatic heterocycles. The topological polar surface area (TPSA) is 70.2 Å². The smallest absolute Gasteiger partial charge is 0.254 e. The number of nitrogens with zero attached hydrogens (tertiary/aromatic N) is 3. The monoisotopic (exact) mass is 327 g/mol. The van der Waals surface area contributed by atoms with E-state index in [9.17, 15) is 4.79 Å². The van der Waals surface area contributed by atoms with Crippen LogP contribution in [-0.4, -0.2) is 48.0 Å². The fraction of sp³-hybridized carbons (Fsp3) is 0.389. The van der Waals surface area contributed by atoms with Crippen LogP contribution in [0.3, 0.4) is 0 Å². The first-order chi connectivity index (χ1) is 11.5. The molecule has 0 bridgehead atoms. The van der Waals surface area contributed by atoms with Crippen molar-refractivity contribution >= 4 is 17.5 Å². The summed E-state index contributed by atoms with van der Waals surface area (Å²) in [5.74, 6) is 0.337. The summed E-state index contributed by atoms with van der Waals surface area (Å²) in [4.78, 5) is 22.6. The van der Waals surface area contributed by atoms with Crippen LogP contribution in [0.25, 0.3) is 0 Å². The minimum atomic E-state index is -0.146. The van der Waals surface area contributed by atoms with Gasteiger partial charge >= 0.3 is 0 Å². The molecule has 0 radical (unpaired) electrons. The molecule has 1 amide bonds. The van der Waals surface area contributed by atoms with Crippen molar-refractivity contribution in [1.29, 1.82) is 0 Å². The quantitative estimate of drug-likeness (QED) is 0.765. The lowest BCUT2D eigenvalue weighted by molar-refractivity contribution is 0.0951. The molecule has 1 aromatic carbocycles. The molecule has 0 aliphatic carbocycles. The van der Waals surface area contributed by atoms with Gasteiger partial charge < -0.3 is 15.5 Å². The van der Waals surface area contributed by atoms with Gasteiger partial charge in [0.1, 0.15) is 0 Å². The van der Waals surface area contributed by atoms with Gasteiger partial charge in [-0.3, -0.25) is 4.79 Å². The van der Waals surface area contributed by atoms with Gasteiger partial charge in [-0.25, -0.2) is 9.97 Å². The Labute approximate surface area is 143 Å². The number of para-hydroxylation sites is 1. The molecule has 0 saturated carbocycles. The summed E-state index contributed by atoms with van der Waals surface area (Å²) in [5.41, 5.74) is 3.72. The highest BCUT2D eigenvalue weighted by molar-refractivity contribution is 5.93. The minimum Gasteiger partial charge on any atom is -0.352 e. The van der Waals surface area contributed by atoms with Crippen molar-refractivity contribution in [1.82, 2.24) is 20.2 Å². The Morgan fingerprint density at radius 1 is 1.12 bits per heavy atom. The molecular formula is C18H25N5O. The van der Waals surface area contributed by atoms with E-state index in [0.717, 1.165) is 29.8 Å². The van der Waals surface area contributed by atoms with Crippen LogP contribution in [0.5, 0.6) is 0 Å². The number of aromatic nitrogens is 2. The fourth-order valence-electron chi connectivity index (χ4n) is 2.33. The van der Waals surface area contributed by atoms with Gasteiger partial charge in [0, 0.05) is 24.6 Å². The van der Waals surface area contributed by atoms with Crippen molar-refractivity contribution in [3.63, 3.8) is 0 Å². The lowest BCUT2D eigenvalue weighted by Gasteiger charge is -2.11. The first-order valence-corrected chi connectivity index (χ1v) is 8.05. The molecule has 0 atom stereocenters. The number of anilines is 2. The second kappa shape index (κ2) is 8.40. The van der Waals surface area contributed by atoms with E-state index in [2.05, 4.69) is 25.5 Å². The molecule has 1 heterocycles. The molecule has 24 heavy (non-hydrogen) atoms. The maximum atomic E-state index is 12.0. The van der Waals surface area contributed by atoms with Gasteiger partial charge in [0.2, 0.25) is 5.95 Å². The summed E-state index contributed by atoms with van der Waals surface area (Å²) in [6.07, 6.45) is 4.00. The average molecular weight is 327 g/mol. The van der Waals surface area contributed by atoms with E-state index in [1.807, 2.05) is 46.1 Å². The Morgan fingerprint density at radius 3 is 2.33 bits per heavy atom. The Bertz CT molecular complexity index is 662. The summed E-state index contributed by atoms with van der Waals surface area (Å²) in [6.45, 7) is 5.64. The van der Waals surface area contributed by atoms with Gasteiger partial charge in [0.25, 0.3) is 5.91 Å². The van der Waals surface area contributed by atoms with Crippen LogP contribution in [0, 0.1) is 13.8 Å². The molecule has 2 rings (SSSR count). The first kappa shape index (κ1) is 17.9. The van der Waals surface area contributed by atoms with Gasteiger partial charge in [-0.15, -0.1) is 0 Å². The fourth-order valence-corrected chi connectivity index (χ4v) is 2.33. The van der Waals surface area contributed by atoms with Gasteiger partial charge in [0.05, 0.1) is 5.56 Å². The molecule has 0 aliphatic rings. The van der Waals surface area contributed by atoms with Crippen molar-refractivity contribution in [3.05, 3.63) is 47.3 Å². The Balaban J connectivity index is 1.94. The van der Waals surface area contributed by atoms with Crippen LogP contribution >= 0.6 is 0 Å². The predicted molar refractivity (Wildman–Crippen MR) is 96.7 cm³/mol. The standard InChI is InChI=1S/C18H25N5O/c1-13-7-5-8-14(2)16(13)22-18-20-11-15(12-21-18)17(24)19-9-6-10-23(3)4/h5,7-8,11-12H,6,9-10H2,1-4H3,(H,19,24)(H,20,21,22). The predicted octanol–water partition coefficient (Wildman–Crippen LogP) is 2.52. The van der Waals surface area contributed by atoms with Crippen molar-refractivity contribution in [2.45, 2.75) is 20.3 Å². The zero-order chi connectivity index (χ0) is 17.5. The van der Waals surface area contributed by atoms with Crippen molar-refractivity contribution in [2.24, 2.45) is 0 Å². The average Bonchev–Trinajstić information content (AvgIpc) is 2.55. The van der Waals surface area contributed by atoms with E-state index in [-0.39, 0.29) is 5.91 Å². The van der Waals surface area contributed by atoms with E-state index in [0.29, 0.717) is 18.1 Å². The summed E-state index contributed by atoms with van der Waals surface area (Å²) in [6, 6.07) is 6.08. The van der Waals surface area contributed by atoms with Gasteiger partial charge in [0.15, 0.2) is 0 Å². The highest BCUT2D eigenvalue weighted by atomic mass is 16.1. The van der Waals surface area contributed by atoms with Crippen LogP contribution in [0.15, 0.2) is 30.6 Å². The van der Waals surface area contributed by atoms with Gasteiger partial charge in [-0.05, 0) is 52.0 Å². The van der Waals surface area contributed by atoms with Crippen molar-refractivity contribution in [3.8, 4) is 0 Å². The number of nitrogens with one attached hydrogen (secondary N) is 2. The summed E-state index contributed by atoms with van der Waals surface area (Å²) in [7, 11) is 4.02. The SMILES string of the molecule is Cc1cccc(C)c1Nc1ncc(C(=O)NCCCN(C)C)cn1. The maximum absolute atomic E-state index is 12.0. The minimum absolute atomic E-state index is 0.146. The zero-order valence-corrected chi connectivity index (χ0v) is 14.8. The number of benzene rings is 1. The number of hydrogen-bond donors (Lipinski definition) is 2. The van der Waals surface area contributed by atoms with E-state index >= 15 is 0 Å². The number of carbonyl (C=O) groups is 1. The van der Waals surface area contributed by atoms with Gasteiger partial charge in [-0.2, -0.15) is 0 Å². The highest BCUT2D eigenvalue weighted by Crippen LogP contribution is 2.22. The van der Waals surface area contributed by atoms with Crippen LogP contribution < -0.4 is 10.6 Å². The molecule has 128 valence electrons. The summed E-state index contributed by atoms with van der Waals surface area (Å²) in [5, 5.41) is 6.09. The number of rotatable bonds is 7. The molecule has 0 aliphatic heterocycles. The second-order valence-electron chi connectivity index (χ2n) is 6.10. The molecule has 0 spiro atoms. The lowest BCUT2D eigenvalue weighted by Crippen LogP contribution is -2.27. The van der Waals surface area contributed by atoms with E-state index in [4.69, 9.17) is 0 Å². The lowest BCUT2D eigenvalue weighted by atomic mass is 10.1. The third-order valence-corrected chi connectivity index (χ3v) is 3.70. The van der Waals surface area contributed by atoms with E-state index in [1.165, 1.54) is 0 Å². The van der Waals surface area contributed by atoms with Crippen LogP contribution in [0.2, 0.25) is 0 Å². The summed E-state index contributed by atoms with van der Waals surface area (Å²) >= 11 is 0. The molecular weight excluding hydrogens is 302 g/mol. The number of amides is 1.